The maximum atomic E-state index is 11.7. The first-order valence-corrected chi connectivity index (χ1v) is 11.0. The van der Waals surface area contributed by atoms with Crippen LogP contribution in [0.25, 0.3) is 0 Å². The lowest BCUT2D eigenvalue weighted by Gasteiger charge is -2.32. The van der Waals surface area contributed by atoms with Crippen molar-refractivity contribution in [2.24, 2.45) is 5.92 Å². The third kappa shape index (κ3) is 4.92. The SMILES string of the molecule is CS(=O)(=O)C1CCCC(C(O)CSC2CCCCC2)C1. The third-order valence-corrected chi connectivity index (χ3v) is 7.99. The van der Waals surface area contributed by atoms with Crippen LogP contribution in [0.5, 0.6) is 0 Å². The summed E-state index contributed by atoms with van der Waals surface area (Å²) in [5, 5.41) is 10.9. The number of hydrogen-bond acceptors (Lipinski definition) is 4. The van der Waals surface area contributed by atoms with E-state index in [2.05, 4.69) is 0 Å². The molecule has 3 nitrogen and oxygen atoms in total. The molecular weight excluding hydrogens is 292 g/mol. The van der Waals surface area contributed by atoms with Gasteiger partial charge in [-0.25, -0.2) is 8.42 Å². The zero-order valence-corrected chi connectivity index (χ0v) is 14.1. The Labute approximate surface area is 127 Å². The van der Waals surface area contributed by atoms with E-state index in [0.717, 1.165) is 25.0 Å². The number of hydrogen-bond donors (Lipinski definition) is 1. The van der Waals surface area contributed by atoms with E-state index in [-0.39, 0.29) is 17.3 Å². The Morgan fingerprint density at radius 2 is 1.80 bits per heavy atom. The molecule has 0 bridgehead atoms. The number of aliphatic hydroxyl groups excluding tert-OH is 1. The summed E-state index contributed by atoms with van der Waals surface area (Å²) in [6.45, 7) is 0. The summed E-state index contributed by atoms with van der Waals surface area (Å²) >= 11 is 1.91. The van der Waals surface area contributed by atoms with Crippen LogP contribution in [0.4, 0.5) is 0 Å². The van der Waals surface area contributed by atoms with Crippen molar-refractivity contribution in [1.82, 2.24) is 0 Å². The van der Waals surface area contributed by atoms with Gasteiger partial charge < -0.3 is 5.11 Å². The Bertz CT molecular complexity index is 388. The molecule has 0 heterocycles. The summed E-state index contributed by atoms with van der Waals surface area (Å²) in [6, 6.07) is 0. The van der Waals surface area contributed by atoms with Crippen molar-refractivity contribution in [2.75, 3.05) is 12.0 Å². The second-order valence-corrected chi connectivity index (χ2v) is 10.2. The minimum Gasteiger partial charge on any atom is -0.392 e. The lowest BCUT2D eigenvalue weighted by atomic mass is 9.85. The molecule has 0 radical (unpaired) electrons. The van der Waals surface area contributed by atoms with Gasteiger partial charge in [0, 0.05) is 17.3 Å². The molecule has 2 aliphatic rings. The highest BCUT2D eigenvalue weighted by molar-refractivity contribution is 7.99. The summed E-state index contributed by atoms with van der Waals surface area (Å²) in [7, 11) is -2.95. The number of thioether (sulfide) groups is 1. The monoisotopic (exact) mass is 320 g/mol. The fourth-order valence-corrected chi connectivity index (χ4v) is 6.12. The Kier molecular flexibility index (Phi) is 6.24. The van der Waals surface area contributed by atoms with Crippen LogP contribution in [0.3, 0.4) is 0 Å². The molecule has 2 saturated carbocycles. The van der Waals surface area contributed by atoms with Crippen molar-refractivity contribution in [3.8, 4) is 0 Å². The highest BCUT2D eigenvalue weighted by atomic mass is 32.2. The van der Waals surface area contributed by atoms with Crippen LogP contribution in [0.2, 0.25) is 0 Å². The summed E-state index contributed by atoms with van der Waals surface area (Å²) in [5.41, 5.74) is 0. The molecule has 0 aromatic heterocycles. The van der Waals surface area contributed by atoms with Crippen LogP contribution < -0.4 is 0 Å². The van der Waals surface area contributed by atoms with E-state index >= 15 is 0 Å². The van der Waals surface area contributed by atoms with Crippen molar-refractivity contribution in [3.63, 3.8) is 0 Å². The van der Waals surface area contributed by atoms with Gasteiger partial charge in [-0.1, -0.05) is 25.7 Å². The first kappa shape index (κ1) is 16.6. The Morgan fingerprint density at radius 3 is 2.45 bits per heavy atom. The topological polar surface area (TPSA) is 54.4 Å². The van der Waals surface area contributed by atoms with Crippen molar-refractivity contribution in [3.05, 3.63) is 0 Å². The molecular formula is C15H28O3S2. The van der Waals surface area contributed by atoms with E-state index in [4.69, 9.17) is 0 Å². The molecule has 2 rings (SSSR count). The Morgan fingerprint density at radius 1 is 1.10 bits per heavy atom. The molecule has 0 saturated heterocycles. The lowest BCUT2D eigenvalue weighted by Crippen LogP contribution is -2.34. The van der Waals surface area contributed by atoms with Gasteiger partial charge in [-0.15, -0.1) is 0 Å². The maximum Gasteiger partial charge on any atom is 0.150 e. The third-order valence-electron chi connectivity index (χ3n) is 4.87. The second-order valence-electron chi connectivity index (χ2n) is 6.54. The van der Waals surface area contributed by atoms with Crippen LogP contribution in [-0.2, 0) is 9.84 Å². The quantitative estimate of drug-likeness (QED) is 0.846. The summed E-state index contributed by atoms with van der Waals surface area (Å²) in [5.74, 6) is 0.964. The van der Waals surface area contributed by atoms with Gasteiger partial charge in [-0.2, -0.15) is 11.8 Å². The fourth-order valence-electron chi connectivity index (χ4n) is 3.52. The summed E-state index contributed by atoms with van der Waals surface area (Å²) in [6.07, 6.45) is 10.9. The first-order valence-electron chi connectivity index (χ1n) is 7.95. The fraction of sp³-hybridized carbons (Fsp3) is 1.00. The molecule has 2 fully saturated rings. The number of aliphatic hydroxyl groups is 1. The van der Waals surface area contributed by atoms with Crippen molar-refractivity contribution >= 4 is 21.6 Å². The van der Waals surface area contributed by atoms with Crippen LogP contribution in [0.15, 0.2) is 0 Å². The smallest absolute Gasteiger partial charge is 0.150 e. The van der Waals surface area contributed by atoms with Crippen molar-refractivity contribution < 1.29 is 13.5 Å². The molecule has 3 atom stereocenters. The Hall–Kier alpha value is 0.260. The highest BCUT2D eigenvalue weighted by Gasteiger charge is 2.32. The average molecular weight is 321 g/mol. The number of rotatable bonds is 5. The second kappa shape index (κ2) is 7.50. The molecule has 0 amide bonds. The molecule has 3 unspecified atom stereocenters. The normalized spacial score (nSPS) is 31.1. The van der Waals surface area contributed by atoms with E-state index in [1.807, 2.05) is 11.8 Å². The highest BCUT2D eigenvalue weighted by Crippen LogP contribution is 2.34. The zero-order chi connectivity index (χ0) is 14.6. The van der Waals surface area contributed by atoms with Crippen LogP contribution in [-0.4, -0.2) is 42.1 Å². The van der Waals surface area contributed by atoms with E-state index in [1.54, 1.807) is 0 Å². The minimum absolute atomic E-state index is 0.180. The standard InChI is InChI=1S/C15H28O3S2/c1-20(17,18)14-9-5-6-12(10-14)15(16)11-19-13-7-3-2-4-8-13/h12-16H,2-11H2,1H3. The Balaban J connectivity index is 1.78. The molecule has 0 spiro atoms. The van der Waals surface area contributed by atoms with Gasteiger partial charge in [0.05, 0.1) is 11.4 Å². The van der Waals surface area contributed by atoms with Crippen LogP contribution in [0, 0.1) is 5.92 Å². The minimum atomic E-state index is -2.95. The van der Waals surface area contributed by atoms with Gasteiger partial charge >= 0.3 is 0 Å². The largest absolute Gasteiger partial charge is 0.392 e. The summed E-state index contributed by atoms with van der Waals surface area (Å²) < 4.78 is 23.3. The van der Waals surface area contributed by atoms with E-state index in [0.29, 0.717) is 11.7 Å². The number of sulfone groups is 1. The molecule has 0 aromatic carbocycles. The average Bonchev–Trinajstić information content (AvgIpc) is 2.45. The van der Waals surface area contributed by atoms with Gasteiger partial charge in [0.2, 0.25) is 0 Å². The predicted molar refractivity (Wildman–Crippen MR) is 85.9 cm³/mol. The molecule has 20 heavy (non-hydrogen) atoms. The molecule has 118 valence electrons. The van der Waals surface area contributed by atoms with Gasteiger partial charge in [0.1, 0.15) is 9.84 Å². The van der Waals surface area contributed by atoms with Gasteiger partial charge in [0.25, 0.3) is 0 Å². The van der Waals surface area contributed by atoms with E-state index in [9.17, 15) is 13.5 Å². The first-order chi connectivity index (χ1) is 9.47. The molecule has 0 aliphatic heterocycles. The molecule has 0 aromatic rings. The van der Waals surface area contributed by atoms with Crippen LogP contribution >= 0.6 is 11.8 Å². The zero-order valence-electron chi connectivity index (χ0n) is 12.5. The van der Waals surface area contributed by atoms with E-state index < -0.39 is 9.84 Å². The van der Waals surface area contributed by atoms with Crippen molar-refractivity contribution in [2.45, 2.75) is 74.4 Å². The van der Waals surface area contributed by atoms with Gasteiger partial charge in [0.15, 0.2) is 0 Å². The molecule has 2 aliphatic carbocycles. The van der Waals surface area contributed by atoms with E-state index in [1.165, 1.54) is 38.4 Å². The summed E-state index contributed by atoms with van der Waals surface area (Å²) in [4.78, 5) is 0. The maximum absolute atomic E-state index is 11.7. The molecule has 5 heteroatoms. The van der Waals surface area contributed by atoms with Crippen molar-refractivity contribution in [1.29, 1.82) is 0 Å². The predicted octanol–water partition coefficient (Wildman–Crippen LogP) is 3.02. The van der Waals surface area contributed by atoms with Gasteiger partial charge in [-0.05, 0) is 38.0 Å². The lowest BCUT2D eigenvalue weighted by molar-refractivity contribution is 0.106. The van der Waals surface area contributed by atoms with Crippen LogP contribution in [0.1, 0.15) is 57.8 Å². The molecule has 1 N–H and O–H groups in total. The van der Waals surface area contributed by atoms with Gasteiger partial charge in [-0.3, -0.25) is 0 Å².